The van der Waals surface area contributed by atoms with Gasteiger partial charge in [0.05, 0.1) is 28.1 Å². The molecular formula is C47H33N3. The Hall–Kier alpha value is -6.58. The minimum absolute atomic E-state index is 0.959. The van der Waals surface area contributed by atoms with Crippen LogP contribution >= 0.6 is 0 Å². The molecule has 9 aromatic rings. The normalized spacial score (nSPS) is 11.9. The Morgan fingerprint density at radius 2 is 1.20 bits per heavy atom. The number of para-hydroxylation sites is 1. The lowest BCUT2D eigenvalue weighted by Crippen LogP contribution is -1.94. The van der Waals surface area contributed by atoms with Gasteiger partial charge in [0, 0.05) is 32.8 Å². The number of pyridine rings is 2. The van der Waals surface area contributed by atoms with Crippen molar-refractivity contribution in [1.82, 2.24) is 14.4 Å². The van der Waals surface area contributed by atoms with Gasteiger partial charge in [-0.1, -0.05) is 152 Å². The maximum absolute atomic E-state index is 5.38. The lowest BCUT2D eigenvalue weighted by molar-refractivity contribution is 1.27. The Labute approximate surface area is 291 Å². The largest absolute Gasteiger partial charge is 0.291 e. The molecule has 0 atom stereocenters. The van der Waals surface area contributed by atoms with E-state index in [0.717, 1.165) is 72.4 Å². The molecule has 0 N–H and O–H groups in total. The third kappa shape index (κ3) is 5.17. The topological polar surface area (TPSA) is 30.2 Å². The number of benzene rings is 6. The highest BCUT2D eigenvalue weighted by Gasteiger charge is 2.20. The third-order valence-electron chi connectivity index (χ3n) is 9.49. The smallest absolute Gasteiger partial charge is 0.146 e. The molecule has 0 fully saturated rings. The summed E-state index contributed by atoms with van der Waals surface area (Å²) in [6.07, 6.45) is 8.23. The SMILES string of the molecule is C/C=C\C=C/c1ccc2ccc(-c3ccc(-c4ccc5c(c4)c4ccccc4n4c(-c6ccccc6)c(-c6ccccc6)nc54)cc3)nc2c1. The van der Waals surface area contributed by atoms with Crippen molar-refractivity contribution in [3.05, 3.63) is 182 Å². The molecule has 3 heterocycles. The maximum Gasteiger partial charge on any atom is 0.146 e. The fourth-order valence-electron chi connectivity index (χ4n) is 7.04. The number of hydrogen-bond acceptors (Lipinski definition) is 2. The van der Waals surface area contributed by atoms with Crippen LogP contribution in [0.25, 0.3) is 89.2 Å². The summed E-state index contributed by atoms with van der Waals surface area (Å²) in [5.41, 5.74) is 13.0. The standard InChI is InChI=1S/C47H33N3/c1-2-3-6-13-32-20-21-35-27-29-42(48-43(35)30-32)34-24-22-33(23-25-34)38-26-28-40-41(31-38)39-18-11-12-19-44(39)50-46(37-16-9-5-10-17-37)45(49-47(40)50)36-14-7-4-8-15-36/h2-31H,1H3/b3-2-,13-6-. The fourth-order valence-corrected chi connectivity index (χ4v) is 7.04. The number of fused-ring (bicyclic) bond motifs is 7. The van der Waals surface area contributed by atoms with Crippen LogP contribution in [-0.2, 0) is 0 Å². The summed E-state index contributed by atoms with van der Waals surface area (Å²) in [7, 11) is 0. The van der Waals surface area contributed by atoms with Crippen LogP contribution in [0.3, 0.4) is 0 Å². The van der Waals surface area contributed by atoms with Gasteiger partial charge in [-0.15, -0.1) is 0 Å². The van der Waals surface area contributed by atoms with Gasteiger partial charge in [-0.2, -0.15) is 0 Å². The molecule has 236 valence electrons. The van der Waals surface area contributed by atoms with Gasteiger partial charge in [0.25, 0.3) is 0 Å². The van der Waals surface area contributed by atoms with Crippen LogP contribution in [0.1, 0.15) is 12.5 Å². The second-order valence-corrected chi connectivity index (χ2v) is 12.6. The number of nitrogens with zero attached hydrogens (tertiary/aromatic N) is 3. The lowest BCUT2D eigenvalue weighted by atomic mass is 9.97. The van der Waals surface area contributed by atoms with Crippen molar-refractivity contribution in [3.8, 4) is 44.9 Å². The zero-order valence-electron chi connectivity index (χ0n) is 27.7. The first-order chi connectivity index (χ1) is 24.7. The average Bonchev–Trinajstić information content (AvgIpc) is 3.60. The van der Waals surface area contributed by atoms with E-state index in [-0.39, 0.29) is 0 Å². The van der Waals surface area contributed by atoms with Crippen molar-refractivity contribution < 1.29 is 0 Å². The number of allylic oxidation sites excluding steroid dienone is 3. The Balaban J connectivity index is 1.16. The summed E-state index contributed by atoms with van der Waals surface area (Å²) in [4.78, 5) is 10.4. The molecule has 9 rings (SSSR count). The van der Waals surface area contributed by atoms with Gasteiger partial charge >= 0.3 is 0 Å². The summed E-state index contributed by atoms with van der Waals surface area (Å²) in [6, 6.07) is 56.1. The quantitative estimate of drug-likeness (QED) is 0.134. The number of rotatable bonds is 6. The molecule has 3 nitrogen and oxygen atoms in total. The van der Waals surface area contributed by atoms with Gasteiger partial charge in [0.1, 0.15) is 5.65 Å². The Bertz CT molecular complexity index is 2740. The summed E-state index contributed by atoms with van der Waals surface area (Å²) >= 11 is 0. The molecule has 0 bridgehead atoms. The molecular weight excluding hydrogens is 607 g/mol. The Kier molecular flexibility index (Phi) is 7.37. The molecule has 3 heteroatoms. The van der Waals surface area contributed by atoms with Crippen molar-refractivity contribution in [3.63, 3.8) is 0 Å². The van der Waals surface area contributed by atoms with Crippen molar-refractivity contribution in [1.29, 1.82) is 0 Å². The van der Waals surface area contributed by atoms with E-state index in [2.05, 4.69) is 174 Å². The highest BCUT2D eigenvalue weighted by Crippen LogP contribution is 2.40. The fraction of sp³-hybridized carbons (Fsp3) is 0.0213. The molecule has 0 unspecified atom stereocenters. The molecule has 0 spiro atoms. The highest BCUT2D eigenvalue weighted by atomic mass is 15.0. The molecule has 0 radical (unpaired) electrons. The molecule has 0 aliphatic heterocycles. The highest BCUT2D eigenvalue weighted by molar-refractivity contribution is 6.14. The van der Waals surface area contributed by atoms with Gasteiger partial charge in [-0.05, 0) is 59.3 Å². The number of hydrogen-bond donors (Lipinski definition) is 0. The first-order valence-electron chi connectivity index (χ1n) is 17.0. The summed E-state index contributed by atoms with van der Waals surface area (Å²) < 4.78 is 2.35. The van der Waals surface area contributed by atoms with Crippen molar-refractivity contribution >= 4 is 44.3 Å². The molecule has 0 aliphatic rings. The van der Waals surface area contributed by atoms with Crippen LogP contribution in [0.2, 0.25) is 0 Å². The van der Waals surface area contributed by atoms with Gasteiger partial charge in [-0.3, -0.25) is 4.40 Å². The van der Waals surface area contributed by atoms with Crippen molar-refractivity contribution in [2.45, 2.75) is 6.92 Å². The molecule has 6 aromatic carbocycles. The summed E-state index contributed by atoms with van der Waals surface area (Å²) in [5, 5.41) is 4.65. The summed E-state index contributed by atoms with van der Waals surface area (Å²) in [6.45, 7) is 2.02. The number of aromatic nitrogens is 3. The van der Waals surface area contributed by atoms with Crippen LogP contribution < -0.4 is 0 Å². The second-order valence-electron chi connectivity index (χ2n) is 12.6. The van der Waals surface area contributed by atoms with Gasteiger partial charge in [0.2, 0.25) is 0 Å². The predicted octanol–water partition coefficient (Wildman–Crippen LogP) is 12.4. The van der Waals surface area contributed by atoms with Gasteiger partial charge in [-0.25, -0.2) is 9.97 Å². The zero-order chi connectivity index (χ0) is 33.4. The van der Waals surface area contributed by atoms with Gasteiger partial charge < -0.3 is 0 Å². The number of imidazole rings is 1. The van der Waals surface area contributed by atoms with Crippen LogP contribution in [0.15, 0.2) is 176 Å². The second kappa shape index (κ2) is 12.5. The summed E-state index contributed by atoms with van der Waals surface area (Å²) in [5.74, 6) is 0. The van der Waals surface area contributed by atoms with Crippen LogP contribution in [0.4, 0.5) is 0 Å². The molecule has 0 saturated heterocycles. The van der Waals surface area contributed by atoms with E-state index in [4.69, 9.17) is 9.97 Å². The minimum Gasteiger partial charge on any atom is -0.291 e. The molecule has 3 aromatic heterocycles. The van der Waals surface area contributed by atoms with E-state index in [1.807, 2.05) is 19.1 Å². The molecule has 0 saturated carbocycles. The monoisotopic (exact) mass is 639 g/mol. The van der Waals surface area contributed by atoms with Crippen LogP contribution in [-0.4, -0.2) is 14.4 Å². The van der Waals surface area contributed by atoms with E-state index >= 15 is 0 Å². The predicted molar refractivity (Wildman–Crippen MR) is 211 cm³/mol. The first-order valence-corrected chi connectivity index (χ1v) is 17.0. The lowest BCUT2D eigenvalue weighted by Gasteiger charge is -2.13. The molecule has 50 heavy (non-hydrogen) atoms. The minimum atomic E-state index is 0.959. The molecule has 0 amide bonds. The Morgan fingerprint density at radius 1 is 0.500 bits per heavy atom. The van der Waals surface area contributed by atoms with E-state index in [1.165, 1.54) is 16.3 Å². The van der Waals surface area contributed by atoms with E-state index in [9.17, 15) is 0 Å². The van der Waals surface area contributed by atoms with Crippen molar-refractivity contribution in [2.24, 2.45) is 0 Å². The maximum atomic E-state index is 5.38. The zero-order valence-corrected chi connectivity index (χ0v) is 27.7. The van der Waals surface area contributed by atoms with Gasteiger partial charge in [0.15, 0.2) is 0 Å². The first kappa shape index (κ1) is 29.6. The third-order valence-corrected chi connectivity index (χ3v) is 9.49. The average molecular weight is 640 g/mol. The van der Waals surface area contributed by atoms with E-state index in [1.54, 1.807) is 0 Å². The van der Waals surface area contributed by atoms with E-state index < -0.39 is 0 Å². The van der Waals surface area contributed by atoms with E-state index in [0.29, 0.717) is 0 Å². The van der Waals surface area contributed by atoms with Crippen molar-refractivity contribution in [2.75, 3.05) is 0 Å². The molecule has 0 aliphatic carbocycles. The van der Waals surface area contributed by atoms with Crippen LogP contribution in [0, 0.1) is 0 Å². The van der Waals surface area contributed by atoms with Crippen LogP contribution in [0.5, 0.6) is 0 Å². The Morgan fingerprint density at radius 3 is 2.00 bits per heavy atom.